The van der Waals surface area contributed by atoms with Crippen molar-refractivity contribution in [2.45, 2.75) is 18.4 Å². The number of rotatable bonds is 3. The summed E-state index contributed by atoms with van der Waals surface area (Å²) in [5, 5.41) is 62.8. The van der Waals surface area contributed by atoms with Crippen molar-refractivity contribution in [1.29, 1.82) is 0 Å². The van der Waals surface area contributed by atoms with E-state index in [0.29, 0.717) is 11.1 Å². The lowest BCUT2D eigenvalue weighted by molar-refractivity contribution is 0.0695. The van der Waals surface area contributed by atoms with Gasteiger partial charge in [0.1, 0.15) is 23.0 Å². The Kier molecular flexibility index (Phi) is 5.24. The Bertz CT molecular complexity index is 1770. The molecule has 0 saturated carbocycles. The Balaban J connectivity index is 1.78. The lowest BCUT2D eigenvalue weighted by atomic mass is 9.63. The molecule has 9 nitrogen and oxygen atoms in total. The van der Waals surface area contributed by atoms with Crippen molar-refractivity contribution in [1.82, 2.24) is 0 Å². The molecule has 0 bridgehead atoms. The van der Waals surface area contributed by atoms with Crippen molar-refractivity contribution in [2.75, 3.05) is 0 Å². The highest BCUT2D eigenvalue weighted by molar-refractivity contribution is 6.18. The number of aromatic hydroxyl groups is 4. The van der Waals surface area contributed by atoms with Crippen molar-refractivity contribution in [3.63, 3.8) is 0 Å². The van der Waals surface area contributed by atoms with Gasteiger partial charge in [0.05, 0.1) is 34.4 Å². The van der Waals surface area contributed by atoms with E-state index in [1.807, 2.05) is 0 Å². The third-order valence-corrected chi connectivity index (χ3v) is 7.52. The molecule has 0 aliphatic heterocycles. The SMILES string of the molecule is O=C(O)c1cc(O)c2c(c1)[C@@H]([C@@H]1c3cccc(O)c3C(=O)c3c(O)cc(CO)cc31)c1cccc(O)c1C2=O. The van der Waals surface area contributed by atoms with Crippen molar-refractivity contribution in [3.05, 3.63) is 116 Å². The molecule has 6 N–H and O–H groups in total. The Morgan fingerprint density at radius 3 is 1.56 bits per heavy atom. The Labute approximate surface area is 220 Å². The van der Waals surface area contributed by atoms with Crippen molar-refractivity contribution < 1.29 is 45.0 Å². The summed E-state index contributed by atoms with van der Waals surface area (Å²) in [7, 11) is 0. The molecule has 0 saturated heterocycles. The van der Waals surface area contributed by atoms with Gasteiger partial charge in [0.15, 0.2) is 0 Å². The van der Waals surface area contributed by atoms with Crippen molar-refractivity contribution >= 4 is 17.5 Å². The number of phenolic OH excluding ortho intramolecular Hbond substituents is 4. The molecule has 0 spiro atoms. The summed E-state index contributed by atoms with van der Waals surface area (Å²) >= 11 is 0. The maximum Gasteiger partial charge on any atom is 0.335 e. The number of phenols is 4. The minimum atomic E-state index is -1.35. The number of aromatic carboxylic acids is 1. The molecule has 0 heterocycles. The van der Waals surface area contributed by atoms with Crippen LogP contribution in [0.1, 0.15) is 81.9 Å². The van der Waals surface area contributed by atoms with Crippen LogP contribution < -0.4 is 0 Å². The van der Waals surface area contributed by atoms with Gasteiger partial charge in [-0.05, 0) is 58.1 Å². The highest BCUT2D eigenvalue weighted by atomic mass is 16.4. The first kappa shape index (κ1) is 24.2. The fourth-order valence-electron chi connectivity index (χ4n) is 5.99. The van der Waals surface area contributed by atoms with Gasteiger partial charge in [0, 0.05) is 11.8 Å². The maximum atomic E-state index is 13.6. The smallest absolute Gasteiger partial charge is 0.335 e. The molecule has 4 aromatic rings. The Morgan fingerprint density at radius 2 is 1.08 bits per heavy atom. The van der Waals surface area contributed by atoms with Crippen LogP contribution in [-0.4, -0.2) is 48.2 Å². The summed E-state index contributed by atoms with van der Waals surface area (Å²) in [5.74, 6) is -6.32. The average molecular weight is 524 g/mol. The lowest BCUT2D eigenvalue weighted by Crippen LogP contribution is -2.30. The minimum absolute atomic E-state index is 0.0826. The van der Waals surface area contributed by atoms with E-state index in [4.69, 9.17) is 0 Å². The van der Waals surface area contributed by atoms with E-state index in [2.05, 4.69) is 0 Å². The summed E-state index contributed by atoms with van der Waals surface area (Å²) < 4.78 is 0. The van der Waals surface area contributed by atoms with Gasteiger partial charge in [-0.25, -0.2) is 4.79 Å². The highest BCUT2D eigenvalue weighted by Gasteiger charge is 2.45. The van der Waals surface area contributed by atoms with Crippen LogP contribution in [0.4, 0.5) is 0 Å². The predicted molar refractivity (Wildman–Crippen MR) is 136 cm³/mol. The zero-order valence-corrected chi connectivity index (χ0v) is 20.0. The molecule has 0 fully saturated rings. The summed E-state index contributed by atoms with van der Waals surface area (Å²) in [5.41, 5.74) is 0.500. The fourth-order valence-corrected chi connectivity index (χ4v) is 5.99. The number of aliphatic hydroxyl groups is 1. The first-order chi connectivity index (χ1) is 18.6. The number of carboxylic acids is 1. The van der Waals surface area contributed by atoms with Gasteiger partial charge in [-0.1, -0.05) is 30.3 Å². The van der Waals surface area contributed by atoms with Crippen molar-refractivity contribution in [3.8, 4) is 23.0 Å². The van der Waals surface area contributed by atoms with Crippen LogP contribution in [0.25, 0.3) is 0 Å². The van der Waals surface area contributed by atoms with Gasteiger partial charge in [-0.3, -0.25) is 9.59 Å². The van der Waals surface area contributed by atoms with E-state index >= 15 is 0 Å². The number of carboxylic acid groups (broad SMARTS) is 1. The number of benzene rings is 4. The molecule has 194 valence electrons. The second-order valence-electron chi connectivity index (χ2n) is 9.60. The van der Waals surface area contributed by atoms with Crippen LogP contribution in [0.15, 0.2) is 60.7 Å². The van der Waals surface area contributed by atoms with Gasteiger partial charge in [0.2, 0.25) is 11.6 Å². The van der Waals surface area contributed by atoms with Gasteiger partial charge in [-0.15, -0.1) is 0 Å². The van der Waals surface area contributed by atoms with Crippen molar-refractivity contribution in [2.24, 2.45) is 0 Å². The normalized spacial score (nSPS) is 17.2. The van der Waals surface area contributed by atoms with Gasteiger partial charge in [0.25, 0.3) is 0 Å². The zero-order chi connectivity index (χ0) is 27.7. The third-order valence-electron chi connectivity index (χ3n) is 7.52. The maximum absolute atomic E-state index is 13.6. The zero-order valence-electron chi connectivity index (χ0n) is 20.0. The Morgan fingerprint density at radius 1 is 0.615 bits per heavy atom. The van der Waals surface area contributed by atoms with E-state index in [1.165, 1.54) is 42.5 Å². The molecule has 2 atom stereocenters. The molecule has 0 amide bonds. The first-order valence-electron chi connectivity index (χ1n) is 11.9. The van der Waals surface area contributed by atoms with E-state index in [1.54, 1.807) is 12.1 Å². The van der Waals surface area contributed by atoms with Crippen LogP contribution >= 0.6 is 0 Å². The fraction of sp³-hybridized carbons (Fsp3) is 0.100. The Hall–Kier alpha value is -5.15. The molecule has 6 rings (SSSR count). The van der Waals surface area contributed by atoms with Gasteiger partial charge in [-0.2, -0.15) is 0 Å². The quantitative estimate of drug-likeness (QED) is 0.233. The average Bonchev–Trinajstić information content (AvgIpc) is 2.89. The van der Waals surface area contributed by atoms with Gasteiger partial charge < -0.3 is 30.6 Å². The first-order valence-corrected chi connectivity index (χ1v) is 11.9. The summed E-state index contributed by atoms with van der Waals surface area (Å²) in [4.78, 5) is 39.1. The lowest BCUT2D eigenvalue weighted by Gasteiger charge is -2.38. The number of carbonyl (C=O) groups excluding carboxylic acids is 2. The second-order valence-corrected chi connectivity index (χ2v) is 9.60. The number of fused-ring (bicyclic) bond motifs is 4. The minimum Gasteiger partial charge on any atom is -0.507 e. The largest absolute Gasteiger partial charge is 0.507 e. The number of aliphatic hydroxyl groups excluding tert-OH is 1. The molecule has 0 unspecified atom stereocenters. The number of carbonyl (C=O) groups is 3. The highest BCUT2D eigenvalue weighted by Crippen LogP contribution is 2.55. The monoisotopic (exact) mass is 524 g/mol. The predicted octanol–water partition coefficient (Wildman–Crippen LogP) is 3.75. The van der Waals surface area contributed by atoms with E-state index in [-0.39, 0.29) is 56.0 Å². The van der Waals surface area contributed by atoms with Crippen LogP contribution in [0.2, 0.25) is 0 Å². The second kappa shape index (κ2) is 8.44. The molecule has 39 heavy (non-hydrogen) atoms. The third kappa shape index (κ3) is 3.33. The molecule has 2 aliphatic rings. The molecule has 2 aliphatic carbocycles. The van der Waals surface area contributed by atoms with E-state index in [9.17, 15) is 45.0 Å². The van der Waals surface area contributed by atoms with Crippen LogP contribution in [0.5, 0.6) is 23.0 Å². The molecular formula is C30H20O9. The molecule has 0 aromatic heterocycles. The molecule has 9 heteroatoms. The van der Waals surface area contributed by atoms with E-state index < -0.39 is 47.5 Å². The summed E-state index contributed by atoms with van der Waals surface area (Å²) in [6.07, 6.45) is 0. The molecular weight excluding hydrogens is 504 g/mol. The van der Waals surface area contributed by atoms with E-state index in [0.717, 1.165) is 6.07 Å². The van der Waals surface area contributed by atoms with Crippen LogP contribution in [-0.2, 0) is 6.61 Å². The van der Waals surface area contributed by atoms with Crippen LogP contribution in [0, 0.1) is 0 Å². The number of hydrogen-bond acceptors (Lipinski definition) is 8. The van der Waals surface area contributed by atoms with Gasteiger partial charge >= 0.3 is 5.97 Å². The van der Waals surface area contributed by atoms with Crippen LogP contribution in [0.3, 0.4) is 0 Å². The summed E-state index contributed by atoms with van der Waals surface area (Å²) in [6.45, 7) is -0.463. The molecule has 4 aromatic carbocycles. The standard InChI is InChI=1S/C30H20O9/c31-11-12-7-16-22(14-3-1-5-18(32)24(14)28(36)26(16)20(34)8-12)23-15-4-2-6-19(33)25(15)29(37)27-17(23)9-13(30(38)39)10-21(27)35/h1-10,22-23,31-35H,11H2,(H,38,39)/t22-,23+/m1/s1. The number of ketones is 2. The summed E-state index contributed by atoms with van der Waals surface area (Å²) in [6, 6.07) is 13.9. The molecule has 0 radical (unpaired) electrons. The number of hydrogen-bond donors (Lipinski definition) is 6. The topological polar surface area (TPSA) is 173 Å².